The highest BCUT2D eigenvalue weighted by molar-refractivity contribution is 9.10. The van der Waals surface area contributed by atoms with Crippen LogP contribution < -0.4 is 5.32 Å². The average molecular weight is 350 g/mol. The van der Waals surface area contributed by atoms with E-state index in [1.54, 1.807) is 12.1 Å². The zero-order valence-corrected chi connectivity index (χ0v) is 13.3. The van der Waals surface area contributed by atoms with Gasteiger partial charge in [-0.1, -0.05) is 40.2 Å². The smallest absolute Gasteiger partial charge is 0.233 e. The SMILES string of the molecule is C=C(Cc1c(Br)cccc1C(C)=O)C1CCC(=O)NC1=O. The quantitative estimate of drug-likeness (QED) is 0.516. The van der Waals surface area contributed by atoms with Gasteiger partial charge in [0.2, 0.25) is 11.8 Å². The zero-order chi connectivity index (χ0) is 15.6. The maximum atomic E-state index is 11.9. The number of carbonyl (C=O) groups excluding carboxylic acids is 3. The molecule has 5 heteroatoms. The molecular weight excluding hydrogens is 334 g/mol. The monoisotopic (exact) mass is 349 g/mol. The fraction of sp³-hybridized carbons (Fsp3) is 0.312. The van der Waals surface area contributed by atoms with E-state index in [2.05, 4.69) is 27.8 Å². The number of rotatable bonds is 4. The molecule has 1 aromatic rings. The highest BCUT2D eigenvalue weighted by atomic mass is 79.9. The molecule has 1 aromatic carbocycles. The van der Waals surface area contributed by atoms with Crippen molar-refractivity contribution in [2.24, 2.45) is 5.92 Å². The lowest BCUT2D eigenvalue weighted by molar-refractivity contribution is -0.135. The summed E-state index contributed by atoms with van der Waals surface area (Å²) in [5.74, 6) is -0.945. The summed E-state index contributed by atoms with van der Waals surface area (Å²) in [6.07, 6.45) is 1.23. The molecule has 1 aliphatic rings. The van der Waals surface area contributed by atoms with Crippen LogP contribution in [0.3, 0.4) is 0 Å². The maximum Gasteiger partial charge on any atom is 0.233 e. The van der Waals surface area contributed by atoms with Gasteiger partial charge in [-0.3, -0.25) is 19.7 Å². The van der Waals surface area contributed by atoms with Gasteiger partial charge in [-0.05, 0) is 31.4 Å². The minimum atomic E-state index is -0.380. The Labute approximate surface area is 131 Å². The second-order valence-corrected chi connectivity index (χ2v) is 6.02. The normalized spacial score (nSPS) is 18.3. The summed E-state index contributed by atoms with van der Waals surface area (Å²) in [6, 6.07) is 5.43. The molecule has 110 valence electrons. The van der Waals surface area contributed by atoms with Gasteiger partial charge in [0.25, 0.3) is 0 Å². The third kappa shape index (κ3) is 3.47. The van der Waals surface area contributed by atoms with Crippen molar-refractivity contribution in [2.75, 3.05) is 0 Å². The van der Waals surface area contributed by atoms with Crippen LogP contribution in [-0.2, 0) is 16.0 Å². The van der Waals surface area contributed by atoms with Gasteiger partial charge in [0.15, 0.2) is 5.78 Å². The molecule has 1 saturated heterocycles. The number of piperidine rings is 1. The van der Waals surface area contributed by atoms with E-state index in [1.807, 2.05) is 6.07 Å². The number of Topliss-reactive ketones (excluding diaryl/α,β-unsaturated/α-hetero) is 1. The second-order valence-electron chi connectivity index (χ2n) is 5.16. The van der Waals surface area contributed by atoms with E-state index in [9.17, 15) is 14.4 Å². The molecule has 1 aliphatic heterocycles. The third-order valence-electron chi connectivity index (χ3n) is 3.63. The Morgan fingerprint density at radius 3 is 2.76 bits per heavy atom. The van der Waals surface area contributed by atoms with E-state index in [0.717, 1.165) is 15.6 Å². The first kappa shape index (κ1) is 15.6. The van der Waals surface area contributed by atoms with Crippen molar-refractivity contribution in [3.05, 3.63) is 46.0 Å². The van der Waals surface area contributed by atoms with Crippen molar-refractivity contribution in [3.8, 4) is 0 Å². The largest absolute Gasteiger partial charge is 0.296 e. The van der Waals surface area contributed by atoms with Crippen molar-refractivity contribution in [2.45, 2.75) is 26.2 Å². The molecule has 0 bridgehead atoms. The van der Waals surface area contributed by atoms with Gasteiger partial charge in [-0.2, -0.15) is 0 Å². The lowest BCUT2D eigenvalue weighted by Crippen LogP contribution is -2.41. The Hall–Kier alpha value is -1.75. The van der Waals surface area contributed by atoms with E-state index >= 15 is 0 Å². The molecule has 2 rings (SSSR count). The van der Waals surface area contributed by atoms with E-state index in [1.165, 1.54) is 6.92 Å². The number of hydrogen-bond donors (Lipinski definition) is 1. The molecule has 2 amide bonds. The number of hydrogen-bond acceptors (Lipinski definition) is 3. The lowest BCUT2D eigenvalue weighted by atomic mass is 9.86. The highest BCUT2D eigenvalue weighted by Gasteiger charge is 2.29. The van der Waals surface area contributed by atoms with Gasteiger partial charge >= 0.3 is 0 Å². The lowest BCUT2D eigenvalue weighted by Gasteiger charge is -2.23. The molecule has 0 aromatic heterocycles. The van der Waals surface area contributed by atoms with Gasteiger partial charge < -0.3 is 0 Å². The number of imide groups is 1. The second kappa shape index (κ2) is 6.35. The van der Waals surface area contributed by atoms with Crippen molar-refractivity contribution in [1.29, 1.82) is 0 Å². The summed E-state index contributed by atoms with van der Waals surface area (Å²) in [5, 5.41) is 2.33. The number of ketones is 1. The Balaban J connectivity index is 2.22. The van der Waals surface area contributed by atoms with Crippen molar-refractivity contribution in [3.63, 3.8) is 0 Å². The van der Waals surface area contributed by atoms with E-state index in [-0.39, 0.29) is 23.5 Å². The van der Waals surface area contributed by atoms with E-state index in [0.29, 0.717) is 24.8 Å². The summed E-state index contributed by atoms with van der Waals surface area (Å²) in [7, 11) is 0. The average Bonchev–Trinajstić information content (AvgIpc) is 2.40. The Bertz CT molecular complexity index is 636. The van der Waals surface area contributed by atoms with Crippen LogP contribution in [0.5, 0.6) is 0 Å². The van der Waals surface area contributed by atoms with Crippen molar-refractivity contribution < 1.29 is 14.4 Å². The molecule has 1 fully saturated rings. The fourth-order valence-corrected chi connectivity index (χ4v) is 3.01. The van der Waals surface area contributed by atoms with Gasteiger partial charge in [0, 0.05) is 16.5 Å². The molecule has 21 heavy (non-hydrogen) atoms. The third-order valence-corrected chi connectivity index (χ3v) is 4.38. The summed E-state index contributed by atoms with van der Waals surface area (Å²) >= 11 is 3.44. The Kier molecular flexibility index (Phi) is 4.73. The summed E-state index contributed by atoms with van der Waals surface area (Å²) in [4.78, 5) is 34.8. The first-order valence-corrected chi connectivity index (χ1v) is 7.49. The van der Waals surface area contributed by atoms with Gasteiger partial charge in [0.05, 0.1) is 5.92 Å². The summed E-state index contributed by atoms with van der Waals surface area (Å²) < 4.78 is 0.823. The number of benzene rings is 1. The molecule has 1 heterocycles. The number of halogens is 1. The van der Waals surface area contributed by atoms with Crippen LogP contribution in [-0.4, -0.2) is 17.6 Å². The van der Waals surface area contributed by atoms with Crippen LogP contribution in [0.15, 0.2) is 34.8 Å². The predicted octanol–water partition coefficient (Wildman–Crippen LogP) is 2.80. The first-order chi connectivity index (χ1) is 9.90. The van der Waals surface area contributed by atoms with Crippen molar-refractivity contribution >= 4 is 33.5 Å². The van der Waals surface area contributed by atoms with E-state index in [4.69, 9.17) is 0 Å². The zero-order valence-electron chi connectivity index (χ0n) is 11.7. The standard InChI is InChI=1S/C16H16BrNO3/c1-9(11-6-7-15(20)18-16(11)21)8-13-12(10(2)19)4-3-5-14(13)17/h3-5,11H,1,6-8H2,2H3,(H,18,20,21). The molecule has 1 atom stereocenters. The molecule has 1 unspecified atom stereocenters. The summed E-state index contributed by atoms with van der Waals surface area (Å²) in [6.45, 7) is 5.50. The highest BCUT2D eigenvalue weighted by Crippen LogP contribution is 2.28. The van der Waals surface area contributed by atoms with Gasteiger partial charge in [0.1, 0.15) is 0 Å². The number of amides is 2. The Morgan fingerprint density at radius 1 is 1.43 bits per heavy atom. The molecule has 0 saturated carbocycles. The fourth-order valence-electron chi connectivity index (χ4n) is 2.50. The van der Waals surface area contributed by atoms with Crippen LogP contribution in [0.25, 0.3) is 0 Å². The van der Waals surface area contributed by atoms with Crippen LogP contribution in [0.2, 0.25) is 0 Å². The minimum absolute atomic E-state index is 0.0256. The minimum Gasteiger partial charge on any atom is -0.296 e. The molecule has 0 aliphatic carbocycles. The van der Waals surface area contributed by atoms with Crippen molar-refractivity contribution in [1.82, 2.24) is 5.32 Å². The van der Waals surface area contributed by atoms with Crippen LogP contribution in [0.1, 0.15) is 35.7 Å². The molecule has 4 nitrogen and oxygen atoms in total. The predicted molar refractivity (Wildman–Crippen MR) is 82.9 cm³/mol. The van der Waals surface area contributed by atoms with Gasteiger partial charge in [-0.25, -0.2) is 0 Å². The van der Waals surface area contributed by atoms with Gasteiger partial charge in [-0.15, -0.1) is 0 Å². The first-order valence-electron chi connectivity index (χ1n) is 6.70. The van der Waals surface area contributed by atoms with E-state index < -0.39 is 0 Å². The summed E-state index contributed by atoms with van der Waals surface area (Å²) in [5.41, 5.74) is 2.17. The number of carbonyl (C=O) groups is 3. The molecular formula is C16H16BrNO3. The number of nitrogens with one attached hydrogen (secondary N) is 1. The molecule has 0 spiro atoms. The maximum absolute atomic E-state index is 11.9. The van der Waals surface area contributed by atoms with Crippen LogP contribution in [0, 0.1) is 5.92 Å². The van der Waals surface area contributed by atoms with Crippen LogP contribution in [0.4, 0.5) is 0 Å². The van der Waals surface area contributed by atoms with Crippen LogP contribution >= 0.6 is 15.9 Å². The molecule has 0 radical (unpaired) electrons. The Morgan fingerprint density at radius 2 is 2.14 bits per heavy atom. The topological polar surface area (TPSA) is 63.2 Å². The molecule has 1 N–H and O–H groups in total.